The molecule has 1 amide bonds. The van der Waals surface area contributed by atoms with Crippen LogP contribution in [0.5, 0.6) is 0 Å². The zero-order chi connectivity index (χ0) is 16.2. The van der Waals surface area contributed by atoms with E-state index in [0.717, 1.165) is 38.5 Å². The predicted octanol–water partition coefficient (Wildman–Crippen LogP) is 3.37. The third-order valence-electron chi connectivity index (χ3n) is 4.44. The standard InChI is InChI=1S/C17H32N2O2S/c1-16(2,3)21-15(20)19-8-5-7-17(4,13-19)12-18-10-14-6-9-22-11-14/h14,18H,5-13H2,1-4H3. The molecule has 4 nitrogen and oxygen atoms in total. The van der Waals surface area contributed by atoms with Crippen LogP contribution in [0.2, 0.25) is 0 Å². The normalized spacial score (nSPS) is 29.6. The molecular weight excluding hydrogens is 296 g/mol. The van der Waals surface area contributed by atoms with Crippen LogP contribution in [-0.2, 0) is 4.74 Å². The zero-order valence-corrected chi connectivity index (χ0v) is 15.4. The molecule has 22 heavy (non-hydrogen) atoms. The first kappa shape index (κ1) is 17.9. The number of likely N-dealkylation sites (tertiary alicyclic amines) is 1. The summed E-state index contributed by atoms with van der Waals surface area (Å²) in [4.78, 5) is 14.2. The summed E-state index contributed by atoms with van der Waals surface area (Å²) < 4.78 is 5.52. The van der Waals surface area contributed by atoms with E-state index in [1.165, 1.54) is 24.3 Å². The minimum Gasteiger partial charge on any atom is -0.444 e. The maximum Gasteiger partial charge on any atom is 0.410 e. The van der Waals surface area contributed by atoms with Crippen LogP contribution in [0, 0.1) is 11.3 Å². The van der Waals surface area contributed by atoms with Gasteiger partial charge in [0.05, 0.1) is 0 Å². The van der Waals surface area contributed by atoms with Gasteiger partial charge in [-0.05, 0) is 69.4 Å². The van der Waals surface area contributed by atoms with Gasteiger partial charge < -0.3 is 15.0 Å². The number of hydrogen-bond acceptors (Lipinski definition) is 4. The molecule has 2 atom stereocenters. The first-order chi connectivity index (χ1) is 10.3. The lowest BCUT2D eigenvalue weighted by Gasteiger charge is -2.41. The minimum absolute atomic E-state index is 0.161. The number of hydrogen-bond donors (Lipinski definition) is 1. The van der Waals surface area contributed by atoms with E-state index in [1.807, 2.05) is 25.7 Å². The largest absolute Gasteiger partial charge is 0.444 e. The summed E-state index contributed by atoms with van der Waals surface area (Å²) in [5.41, 5.74) is -0.246. The molecular formula is C17H32N2O2S. The highest BCUT2D eigenvalue weighted by Crippen LogP contribution is 2.30. The fourth-order valence-corrected chi connectivity index (χ4v) is 4.55. The van der Waals surface area contributed by atoms with Crippen LogP contribution in [0.1, 0.15) is 47.0 Å². The van der Waals surface area contributed by atoms with Crippen molar-refractivity contribution < 1.29 is 9.53 Å². The fourth-order valence-electron chi connectivity index (χ4n) is 3.26. The van der Waals surface area contributed by atoms with Gasteiger partial charge in [-0.2, -0.15) is 11.8 Å². The third kappa shape index (κ3) is 5.65. The molecule has 2 fully saturated rings. The quantitative estimate of drug-likeness (QED) is 0.859. The van der Waals surface area contributed by atoms with Crippen molar-refractivity contribution in [2.45, 2.75) is 52.6 Å². The van der Waals surface area contributed by atoms with Gasteiger partial charge in [-0.25, -0.2) is 4.79 Å². The number of thioether (sulfide) groups is 1. The van der Waals surface area contributed by atoms with E-state index in [-0.39, 0.29) is 11.5 Å². The summed E-state index contributed by atoms with van der Waals surface area (Å²) in [7, 11) is 0. The molecule has 2 aliphatic rings. The third-order valence-corrected chi connectivity index (χ3v) is 5.67. The Balaban J connectivity index is 1.78. The highest BCUT2D eigenvalue weighted by atomic mass is 32.2. The van der Waals surface area contributed by atoms with Crippen molar-refractivity contribution >= 4 is 17.9 Å². The first-order valence-electron chi connectivity index (χ1n) is 8.54. The molecule has 0 bridgehead atoms. The first-order valence-corrected chi connectivity index (χ1v) is 9.69. The van der Waals surface area contributed by atoms with E-state index in [9.17, 15) is 4.79 Å². The molecule has 2 saturated heterocycles. The molecule has 1 N–H and O–H groups in total. The molecule has 0 aliphatic carbocycles. The van der Waals surface area contributed by atoms with Crippen LogP contribution in [0.4, 0.5) is 4.79 Å². The molecule has 0 spiro atoms. The molecule has 0 aromatic rings. The fraction of sp³-hybridized carbons (Fsp3) is 0.941. The number of nitrogens with one attached hydrogen (secondary N) is 1. The maximum absolute atomic E-state index is 12.3. The SMILES string of the molecule is CC1(CNCC2CCSC2)CCCN(C(=O)OC(C)(C)C)C1. The number of carbonyl (C=O) groups is 1. The van der Waals surface area contributed by atoms with E-state index < -0.39 is 5.60 Å². The number of nitrogens with zero attached hydrogens (tertiary/aromatic N) is 1. The molecule has 5 heteroatoms. The van der Waals surface area contributed by atoms with Crippen molar-refractivity contribution in [3.05, 3.63) is 0 Å². The van der Waals surface area contributed by atoms with Gasteiger partial charge in [0, 0.05) is 19.6 Å². The molecule has 0 aromatic heterocycles. The second-order valence-corrected chi connectivity index (χ2v) is 9.33. The summed E-state index contributed by atoms with van der Waals surface area (Å²) in [5.74, 6) is 3.45. The summed E-state index contributed by atoms with van der Waals surface area (Å²) in [6.07, 6.45) is 3.43. The van der Waals surface area contributed by atoms with Crippen molar-refractivity contribution in [1.29, 1.82) is 0 Å². The average molecular weight is 329 g/mol. The lowest BCUT2D eigenvalue weighted by atomic mass is 9.82. The van der Waals surface area contributed by atoms with Crippen LogP contribution in [-0.4, -0.2) is 54.3 Å². The van der Waals surface area contributed by atoms with Crippen molar-refractivity contribution in [2.24, 2.45) is 11.3 Å². The Kier molecular flexibility index (Phi) is 6.06. The topological polar surface area (TPSA) is 41.6 Å². The van der Waals surface area contributed by atoms with Gasteiger partial charge in [-0.15, -0.1) is 0 Å². The van der Waals surface area contributed by atoms with Crippen molar-refractivity contribution in [3.63, 3.8) is 0 Å². The van der Waals surface area contributed by atoms with Gasteiger partial charge in [-0.1, -0.05) is 6.92 Å². The van der Waals surface area contributed by atoms with Crippen LogP contribution >= 0.6 is 11.8 Å². The summed E-state index contributed by atoms with van der Waals surface area (Å²) >= 11 is 2.07. The van der Waals surface area contributed by atoms with Crippen molar-refractivity contribution in [3.8, 4) is 0 Å². The van der Waals surface area contributed by atoms with Gasteiger partial charge >= 0.3 is 6.09 Å². The van der Waals surface area contributed by atoms with Gasteiger partial charge in [0.15, 0.2) is 0 Å². The Labute approximate surface area is 139 Å². The molecule has 2 unspecified atom stereocenters. The molecule has 2 aliphatic heterocycles. The molecule has 0 saturated carbocycles. The number of carbonyl (C=O) groups excluding carboxylic acids is 1. The Morgan fingerprint density at radius 3 is 2.86 bits per heavy atom. The number of amides is 1. The predicted molar refractivity (Wildman–Crippen MR) is 93.4 cm³/mol. The van der Waals surface area contributed by atoms with Gasteiger partial charge in [0.25, 0.3) is 0 Å². The van der Waals surface area contributed by atoms with Gasteiger partial charge in [0.1, 0.15) is 5.60 Å². The Morgan fingerprint density at radius 2 is 2.23 bits per heavy atom. The van der Waals surface area contributed by atoms with Crippen LogP contribution in [0.25, 0.3) is 0 Å². The highest BCUT2D eigenvalue weighted by molar-refractivity contribution is 7.99. The highest BCUT2D eigenvalue weighted by Gasteiger charge is 2.34. The molecule has 0 radical (unpaired) electrons. The summed E-state index contributed by atoms with van der Waals surface area (Å²) in [6, 6.07) is 0. The lowest BCUT2D eigenvalue weighted by molar-refractivity contribution is 0.00673. The van der Waals surface area contributed by atoms with Crippen LogP contribution in [0.15, 0.2) is 0 Å². The number of piperidine rings is 1. The Hall–Kier alpha value is -0.420. The molecule has 2 rings (SSSR count). The van der Waals surface area contributed by atoms with Crippen LogP contribution < -0.4 is 5.32 Å². The zero-order valence-electron chi connectivity index (χ0n) is 14.6. The van der Waals surface area contributed by atoms with E-state index in [0.29, 0.717) is 0 Å². The smallest absolute Gasteiger partial charge is 0.410 e. The summed E-state index contributed by atoms with van der Waals surface area (Å²) in [6.45, 7) is 11.8. The van der Waals surface area contributed by atoms with E-state index >= 15 is 0 Å². The number of ether oxygens (including phenoxy) is 1. The lowest BCUT2D eigenvalue weighted by Crippen LogP contribution is -2.50. The second kappa shape index (κ2) is 7.43. The van der Waals surface area contributed by atoms with E-state index in [2.05, 4.69) is 24.0 Å². The van der Waals surface area contributed by atoms with Crippen molar-refractivity contribution in [1.82, 2.24) is 10.2 Å². The van der Waals surface area contributed by atoms with Crippen LogP contribution in [0.3, 0.4) is 0 Å². The second-order valence-electron chi connectivity index (χ2n) is 8.18. The monoisotopic (exact) mass is 328 g/mol. The Morgan fingerprint density at radius 1 is 1.45 bits per heavy atom. The minimum atomic E-state index is -0.413. The molecule has 0 aromatic carbocycles. The number of rotatable bonds is 4. The van der Waals surface area contributed by atoms with E-state index in [4.69, 9.17) is 4.74 Å². The van der Waals surface area contributed by atoms with Crippen molar-refractivity contribution in [2.75, 3.05) is 37.7 Å². The average Bonchev–Trinajstić information content (AvgIpc) is 2.90. The molecule has 128 valence electrons. The Bertz CT molecular complexity index is 377. The van der Waals surface area contributed by atoms with Gasteiger partial charge in [0.2, 0.25) is 0 Å². The molecule has 2 heterocycles. The van der Waals surface area contributed by atoms with E-state index in [1.54, 1.807) is 0 Å². The summed E-state index contributed by atoms with van der Waals surface area (Å²) in [5, 5.41) is 3.65. The van der Waals surface area contributed by atoms with Gasteiger partial charge in [-0.3, -0.25) is 0 Å². The maximum atomic E-state index is 12.3.